The summed E-state index contributed by atoms with van der Waals surface area (Å²) in [5.41, 5.74) is 3.48. The minimum absolute atomic E-state index is 0.430. The number of nitrogens with one attached hydrogen (secondary N) is 2. The second-order valence-electron chi connectivity index (χ2n) is 3.93. The van der Waals surface area contributed by atoms with Crippen LogP contribution in [0.25, 0.3) is 6.08 Å². The molecule has 0 saturated heterocycles. The normalized spacial score (nSPS) is 17.6. The summed E-state index contributed by atoms with van der Waals surface area (Å²) < 4.78 is 0. The van der Waals surface area contributed by atoms with E-state index < -0.39 is 5.97 Å². The van der Waals surface area contributed by atoms with Crippen molar-refractivity contribution in [1.29, 1.82) is 0 Å². The van der Waals surface area contributed by atoms with Crippen molar-refractivity contribution in [2.45, 2.75) is 13.0 Å². The van der Waals surface area contributed by atoms with Gasteiger partial charge in [-0.15, -0.1) is 0 Å². The van der Waals surface area contributed by atoms with Gasteiger partial charge in [0.05, 0.1) is 6.67 Å². The van der Waals surface area contributed by atoms with Gasteiger partial charge in [0.25, 0.3) is 0 Å². The summed E-state index contributed by atoms with van der Waals surface area (Å²) >= 11 is 0. The summed E-state index contributed by atoms with van der Waals surface area (Å²) in [4.78, 5) is 18.4. The Balaban J connectivity index is 2.17. The molecular formula is C11H11N3O2. The summed E-state index contributed by atoms with van der Waals surface area (Å²) in [6, 6.07) is 0. The third kappa shape index (κ3) is 1.29. The predicted octanol–water partition coefficient (Wildman–Crippen LogP) is -0.957. The van der Waals surface area contributed by atoms with E-state index in [1.54, 1.807) is 6.08 Å². The van der Waals surface area contributed by atoms with E-state index in [0.29, 0.717) is 18.7 Å². The van der Waals surface area contributed by atoms with Crippen molar-refractivity contribution < 1.29 is 9.90 Å². The Morgan fingerprint density at radius 3 is 3.06 bits per heavy atom. The molecule has 0 unspecified atom stereocenters. The zero-order valence-corrected chi connectivity index (χ0v) is 8.58. The lowest BCUT2D eigenvalue weighted by molar-refractivity contribution is -0.132. The average Bonchev–Trinajstić information content (AvgIpc) is 2.66. The molecule has 5 heteroatoms. The van der Waals surface area contributed by atoms with Crippen LogP contribution in [-0.2, 0) is 17.8 Å². The lowest BCUT2D eigenvalue weighted by Gasteiger charge is -2.10. The van der Waals surface area contributed by atoms with E-state index >= 15 is 0 Å². The smallest absolute Gasteiger partial charge is 0.331 e. The first-order valence-corrected chi connectivity index (χ1v) is 5.15. The standard InChI is InChI=1S/C11H11N3O2/c15-11(16)6-1-2-9-7(3-6)8-4-12-5-13-10(8)14-9/h1-2,12H,3-5H2,(H,13,14)(H,15,16). The third-order valence-electron chi connectivity index (χ3n) is 2.97. The highest BCUT2D eigenvalue weighted by Gasteiger charge is 2.19. The second-order valence-corrected chi connectivity index (χ2v) is 3.93. The maximum absolute atomic E-state index is 10.9. The predicted molar refractivity (Wildman–Crippen MR) is 57.2 cm³/mol. The van der Waals surface area contributed by atoms with Gasteiger partial charge in [-0.05, 0) is 17.7 Å². The molecular weight excluding hydrogens is 206 g/mol. The van der Waals surface area contributed by atoms with Crippen LogP contribution in [0.3, 0.4) is 0 Å². The van der Waals surface area contributed by atoms with E-state index in [2.05, 4.69) is 15.3 Å². The molecule has 0 radical (unpaired) electrons. The number of carboxylic acid groups (broad SMARTS) is 1. The van der Waals surface area contributed by atoms with E-state index in [9.17, 15) is 4.79 Å². The maximum Gasteiger partial charge on any atom is 0.331 e. The van der Waals surface area contributed by atoms with Crippen LogP contribution in [0.1, 0.15) is 11.1 Å². The molecule has 0 fully saturated rings. The molecule has 0 aromatic carbocycles. The first-order chi connectivity index (χ1) is 7.75. The zero-order chi connectivity index (χ0) is 11.1. The van der Waals surface area contributed by atoms with Gasteiger partial charge in [-0.25, -0.2) is 4.79 Å². The van der Waals surface area contributed by atoms with Crippen LogP contribution < -0.4 is 16.2 Å². The number of carbonyl (C=O) groups is 1. The van der Waals surface area contributed by atoms with Gasteiger partial charge >= 0.3 is 5.97 Å². The molecule has 82 valence electrons. The fraction of sp³-hybridized carbons (Fsp3) is 0.273. The SMILES string of the molecule is O=C(O)C1=CC=c2[nH]c3c(c2C1)CNCN=3. The lowest BCUT2D eigenvalue weighted by Crippen LogP contribution is -2.27. The van der Waals surface area contributed by atoms with Crippen molar-refractivity contribution in [2.24, 2.45) is 4.99 Å². The van der Waals surface area contributed by atoms with E-state index in [1.165, 1.54) is 0 Å². The van der Waals surface area contributed by atoms with Crippen LogP contribution in [0.5, 0.6) is 0 Å². The van der Waals surface area contributed by atoms with Crippen LogP contribution in [-0.4, -0.2) is 22.7 Å². The number of H-pyrrole nitrogens is 1. The van der Waals surface area contributed by atoms with Gasteiger partial charge in [-0.3, -0.25) is 10.3 Å². The molecule has 5 nitrogen and oxygen atoms in total. The van der Waals surface area contributed by atoms with Crippen molar-refractivity contribution in [3.8, 4) is 0 Å². The largest absolute Gasteiger partial charge is 0.478 e. The monoisotopic (exact) mass is 217 g/mol. The molecule has 0 spiro atoms. The number of nitrogens with zero attached hydrogens (tertiary/aromatic N) is 1. The second kappa shape index (κ2) is 3.31. The molecule has 1 aliphatic carbocycles. The van der Waals surface area contributed by atoms with E-state index in [0.717, 1.165) is 28.5 Å². The summed E-state index contributed by atoms with van der Waals surface area (Å²) in [5.74, 6) is -0.849. The van der Waals surface area contributed by atoms with Crippen LogP contribution >= 0.6 is 0 Å². The molecule has 2 aliphatic rings. The molecule has 2 heterocycles. The van der Waals surface area contributed by atoms with Crippen molar-refractivity contribution in [3.63, 3.8) is 0 Å². The summed E-state index contributed by atoms with van der Waals surface area (Å²) in [5, 5.41) is 13.1. The fourth-order valence-electron chi connectivity index (χ4n) is 2.15. The van der Waals surface area contributed by atoms with Gasteiger partial charge in [-0.1, -0.05) is 0 Å². The van der Waals surface area contributed by atoms with Gasteiger partial charge < -0.3 is 10.1 Å². The first-order valence-electron chi connectivity index (χ1n) is 5.15. The van der Waals surface area contributed by atoms with E-state index in [-0.39, 0.29) is 0 Å². The number of fused-ring (bicyclic) bond motifs is 3. The lowest BCUT2D eigenvalue weighted by atomic mass is 9.98. The fourth-order valence-corrected chi connectivity index (χ4v) is 2.15. The minimum Gasteiger partial charge on any atom is -0.478 e. The average molecular weight is 217 g/mol. The van der Waals surface area contributed by atoms with Crippen molar-refractivity contribution in [1.82, 2.24) is 10.3 Å². The number of rotatable bonds is 1. The quantitative estimate of drug-likeness (QED) is 0.567. The van der Waals surface area contributed by atoms with Crippen molar-refractivity contribution >= 4 is 12.0 Å². The van der Waals surface area contributed by atoms with Crippen LogP contribution in [0.2, 0.25) is 0 Å². The Morgan fingerprint density at radius 2 is 2.25 bits per heavy atom. The number of hydrogen-bond acceptors (Lipinski definition) is 3. The van der Waals surface area contributed by atoms with Gasteiger partial charge in [0, 0.05) is 29.5 Å². The molecule has 1 aromatic heterocycles. The third-order valence-corrected chi connectivity index (χ3v) is 2.97. The molecule has 0 saturated carbocycles. The Labute approximate surface area is 91.2 Å². The van der Waals surface area contributed by atoms with Crippen molar-refractivity contribution in [3.05, 3.63) is 33.6 Å². The number of aliphatic carboxylic acids is 1. The Bertz CT molecular complexity index is 610. The van der Waals surface area contributed by atoms with Crippen molar-refractivity contribution in [2.75, 3.05) is 6.67 Å². The number of allylic oxidation sites excluding steroid dienone is 1. The number of hydrogen-bond donors (Lipinski definition) is 3. The van der Waals surface area contributed by atoms with E-state index in [1.807, 2.05) is 6.08 Å². The molecule has 0 bridgehead atoms. The Hall–Kier alpha value is -1.88. The highest BCUT2D eigenvalue weighted by Crippen LogP contribution is 2.12. The van der Waals surface area contributed by atoms with Crippen LogP contribution in [0, 0.1) is 0 Å². The molecule has 3 rings (SSSR count). The first kappa shape index (κ1) is 9.35. The topological polar surface area (TPSA) is 77.5 Å². The molecule has 1 aliphatic heterocycles. The summed E-state index contributed by atoms with van der Waals surface area (Å²) in [6.45, 7) is 1.37. The highest BCUT2D eigenvalue weighted by molar-refractivity contribution is 5.89. The number of carboxylic acids is 1. The van der Waals surface area contributed by atoms with Gasteiger partial charge in [0.15, 0.2) is 0 Å². The molecule has 16 heavy (non-hydrogen) atoms. The van der Waals surface area contributed by atoms with Crippen LogP contribution in [0.4, 0.5) is 0 Å². The van der Waals surface area contributed by atoms with Gasteiger partial charge in [0.1, 0.15) is 5.49 Å². The zero-order valence-electron chi connectivity index (χ0n) is 8.58. The summed E-state index contributed by atoms with van der Waals surface area (Å²) in [6.07, 6.45) is 3.94. The number of aromatic amines is 1. The summed E-state index contributed by atoms with van der Waals surface area (Å²) in [7, 11) is 0. The number of aromatic nitrogens is 1. The maximum atomic E-state index is 10.9. The minimum atomic E-state index is -0.849. The molecule has 0 atom stereocenters. The molecule has 1 aromatic rings. The molecule has 0 amide bonds. The van der Waals surface area contributed by atoms with E-state index in [4.69, 9.17) is 5.11 Å². The Morgan fingerprint density at radius 1 is 1.38 bits per heavy atom. The molecule has 3 N–H and O–H groups in total. The Kier molecular flexibility index (Phi) is 1.94. The highest BCUT2D eigenvalue weighted by atomic mass is 16.4. The van der Waals surface area contributed by atoms with Gasteiger partial charge in [-0.2, -0.15) is 0 Å². The van der Waals surface area contributed by atoms with Crippen LogP contribution in [0.15, 0.2) is 16.6 Å². The van der Waals surface area contributed by atoms with Gasteiger partial charge in [0.2, 0.25) is 0 Å².